The van der Waals surface area contributed by atoms with Gasteiger partial charge in [-0.2, -0.15) is 5.10 Å². The summed E-state index contributed by atoms with van der Waals surface area (Å²) in [4.78, 5) is 7.12. The minimum atomic E-state index is 0.717. The Kier molecular flexibility index (Phi) is 5.44. The SMILES string of the molecule is COc1ccc(-c2nc(-c3cccc(CN(C)C)c3)n(CC3CCC3)n2)cc1. The van der Waals surface area contributed by atoms with E-state index in [0.717, 1.165) is 41.6 Å². The zero-order valence-electron chi connectivity index (χ0n) is 16.9. The van der Waals surface area contributed by atoms with Crippen LogP contribution in [0.3, 0.4) is 0 Å². The second-order valence-electron chi connectivity index (χ2n) is 7.90. The molecule has 1 saturated carbocycles. The van der Waals surface area contributed by atoms with E-state index >= 15 is 0 Å². The molecule has 4 rings (SSSR count). The lowest BCUT2D eigenvalue weighted by Gasteiger charge is -2.25. The molecule has 0 spiro atoms. The summed E-state index contributed by atoms with van der Waals surface area (Å²) in [5, 5.41) is 4.88. The molecule has 3 aromatic rings. The van der Waals surface area contributed by atoms with Crippen molar-refractivity contribution in [2.45, 2.75) is 32.4 Å². The van der Waals surface area contributed by atoms with E-state index in [0.29, 0.717) is 5.92 Å². The lowest BCUT2D eigenvalue weighted by molar-refractivity contribution is 0.268. The number of ether oxygens (including phenoxy) is 1. The Balaban J connectivity index is 1.70. The Morgan fingerprint density at radius 3 is 2.50 bits per heavy atom. The Bertz CT molecular complexity index is 926. The molecule has 1 aromatic heterocycles. The van der Waals surface area contributed by atoms with Gasteiger partial charge in [-0.3, -0.25) is 0 Å². The monoisotopic (exact) mass is 376 g/mol. The highest BCUT2D eigenvalue weighted by Crippen LogP contribution is 2.31. The first-order valence-electron chi connectivity index (χ1n) is 9.95. The summed E-state index contributed by atoms with van der Waals surface area (Å²) in [6, 6.07) is 16.6. The molecular formula is C23H28N4O. The predicted octanol–water partition coefficient (Wildman–Crippen LogP) is 4.48. The fraction of sp³-hybridized carbons (Fsp3) is 0.391. The van der Waals surface area contributed by atoms with E-state index in [-0.39, 0.29) is 0 Å². The minimum absolute atomic E-state index is 0.717. The van der Waals surface area contributed by atoms with Crippen molar-refractivity contribution in [2.75, 3.05) is 21.2 Å². The molecule has 28 heavy (non-hydrogen) atoms. The lowest BCUT2D eigenvalue weighted by atomic mass is 9.85. The van der Waals surface area contributed by atoms with Crippen LogP contribution in [-0.4, -0.2) is 40.9 Å². The summed E-state index contributed by atoms with van der Waals surface area (Å²) in [5.74, 6) is 3.29. The van der Waals surface area contributed by atoms with Crippen molar-refractivity contribution in [3.63, 3.8) is 0 Å². The normalized spacial score (nSPS) is 14.3. The topological polar surface area (TPSA) is 43.2 Å². The van der Waals surface area contributed by atoms with Crippen LogP contribution in [0.4, 0.5) is 0 Å². The van der Waals surface area contributed by atoms with Crippen molar-refractivity contribution >= 4 is 0 Å². The van der Waals surface area contributed by atoms with Crippen molar-refractivity contribution in [1.82, 2.24) is 19.7 Å². The van der Waals surface area contributed by atoms with Gasteiger partial charge in [-0.25, -0.2) is 9.67 Å². The maximum absolute atomic E-state index is 5.27. The second kappa shape index (κ2) is 8.15. The van der Waals surface area contributed by atoms with Crippen LogP contribution < -0.4 is 4.74 Å². The standard InChI is InChI=1S/C23H28N4O/c1-26(2)15-18-8-5-9-20(14-18)23-24-22(19-10-12-21(28-3)13-11-19)25-27(23)16-17-6-4-7-17/h5,8-14,17H,4,6-7,15-16H2,1-3H3. The summed E-state index contributed by atoms with van der Waals surface area (Å²) in [6.45, 7) is 1.85. The van der Waals surface area contributed by atoms with Gasteiger partial charge in [-0.05, 0) is 68.8 Å². The van der Waals surface area contributed by atoms with E-state index < -0.39 is 0 Å². The average molecular weight is 377 g/mol. The summed E-state index contributed by atoms with van der Waals surface area (Å²) in [6.07, 6.45) is 3.91. The van der Waals surface area contributed by atoms with Crippen molar-refractivity contribution < 1.29 is 4.74 Å². The number of nitrogens with zero attached hydrogens (tertiary/aromatic N) is 4. The maximum Gasteiger partial charge on any atom is 0.181 e. The van der Waals surface area contributed by atoms with Gasteiger partial charge in [0.2, 0.25) is 0 Å². The Labute approximate surface area is 167 Å². The maximum atomic E-state index is 5.27. The van der Waals surface area contributed by atoms with Crippen LogP contribution in [0, 0.1) is 5.92 Å². The molecule has 0 atom stereocenters. The van der Waals surface area contributed by atoms with Crippen LogP contribution in [0.2, 0.25) is 0 Å². The molecule has 1 aliphatic carbocycles. The first-order chi connectivity index (χ1) is 13.6. The van der Waals surface area contributed by atoms with Crippen molar-refractivity contribution in [3.8, 4) is 28.5 Å². The van der Waals surface area contributed by atoms with E-state index in [4.69, 9.17) is 14.8 Å². The smallest absolute Gasteiger partial charge is 0.181 e. The minimum Gasteiger partial charge on any atom is -0.497 e. The van der Waals surface area contributed by atoms with Crippen LogP contribution in [0.25, 0.3) is 22.8 Å². The van der Waals surface area contributed by atoms with Gasteiger partial charge in [0.1, 0.15) is 5.75 Å². The zero-order chi connectivity index (χ0) is 19.5. The number of methoxy groups -OCH3 is 1. The largest absolute Gasteiger partial charge is 0.497 e. The van der Waals surface area contributed by atoms with E-state index in [2.05, 4.69) is 47.9 Å². The van der Waals surface area contributed by atoms with E-state index in [9.17, 15) is 0 Å². The number of rotatable bonds is 7. The first-order valence-corrected chi connectivity index (χ1v) is 9.95. The number of aromatic nitrogens is 3. The summed E-state index contributed by atoms with van der Waals surface area (Å²) >= 11 is 0. The quantitative estimate of drug-likeness (QED) is 0.610. The second-order valence-corrected chi connectivity index (χ2v) is 7.90. The highest BCUT2D eigenvalue weighted by molar-refractivity contribution is 5.62. The van der Waals surface area contributed by atoms with E-state index in [1.165, 1.54) is 24.8 Å². The van der Waals surface area contributed by atoms with Crippen LogP contribution >= 0.6 is 0 Å². The Morgan fingerprint density at radius 1 is 1.07 bits per heavy atom. The molecular weight excluding hydrogens is 348 g/mol. The van der Waals surface area contributed by atoms with Gasteiger partial charge in [0.05, 0.1) is 7.11 Å². The zero-order valence-corrected chi connectivity index (χ0v) is 16.9. The predicted molar refractivity (Wildman–Crippen MR) is 112 cm³/mol. The molecule has 1 fully saturated rings. The molecule has 146 valence electrons. The van der Waals surface area contributed by atoms with E-state index in [1.54, 1.807) is 7.11 Å². The van der Waals surface area contributed by atoms with Gasteiger partial charge in [-0.15, -0.1) is 0 Å². The molecule has 2 aromatic carbocycles. The summed E-state index contributed by atoms with van der Waals surface area (Å²) < 4.78 is 7.38. The average Bonchev–Trinajstić information content (AvgIpc) is 3.08. The fourth-order valence-electron chi connectivity index (χ4n) is 3.64. The Hall–Kier alpha value is -2.66. The fourth-order valence-corrected chi connectivity index (χ4v) is 3.64. The summed E-state index contributed by atoms with van der Waals surface area (Å²) in [7, 11) is 5.86. The van der Waals surface area contributed by atoms with Gasteiger partial charge in [-0.1, -0.05) is 24.6 Å². The number of benzene rings is 2. The van der Waals surface area contributed by atoms with Gasteiger partial charge < -0.3 is 9.64 Å². The molecule has 1 heterocycles. The first kappa shape index (κ1) is 18.7. The third-order valence-corrected chi connectivity index (χ3v) is 5.36. The van der Waals surface area contributed by atoms with Crippen molar-refractivity contribution in [1.29, 1.82) is 0 Å². The molecule has 0 bridgehead atoms. The van der Waals surface area contributed by atoms with Gasteiger partial charge >= 0.3 is 0 Å². The molecule has 1 aliphatic rings. The highest BCUT2D eigenvalue weighted by Gasteiger charge is 2.22. The van der Waals surface area contributed by atoms with Gasteiger partial charge in [0.25, 0.3) is 0 Å². The lowest BCUT2D eigenvalue weighted by Crippen LogP contribution is -2.19. The molecule has 0 saturated heterocycles. The number of hydrogen-bond acceptors (Lipinski definition) is 4. The molecule has 0 radical (unpaired) electrons. The highest BCUT2D eigenvalue weighted by atomic mass is 16.5. The third kappa shape index (κ3) is 4.09. The van der Waals surface area contributed by atoms with Crippen molar-refractivity contribution in [3.05, 3.63) is 54.1 Å². The molecule has 0 unspecified atom stereocenters. The molecule has 0 N–H and O–H groups in total. The van der Waals surface area contributed by atoms with Crippen LogP contribution in [0.5, 0.6) is 5.75 Å². The molecule has 5 heteroatoms. The van der Waals surface area contributed by atoms with E-state index in [1.807, 2.05) is 24.3 Å². The molecule has 5 nitrogen and oxygen atoms in total. The van der Waals surface area contributed by atoms with Crippen LogP contribution in [0.1, 0.15) is 24.8 Å². The van der Waals surface area contributed by atoms with Crippen LogP contribution in [-0.2, 0) is 13.1 Å². The van der Waals surface area contributed by atoms with Gasteiger partial charge in [0, 0.05) is 24.2 Å². The Morgan fingerprint density at radius 2 is 1.86 bits per heavy atom. The molecule has 0 amide bonds. The van der Waals surface area contributed by atoms with Crippen LogP contribution in [0.15, 0.2) is 48.5 Å². The number of hydrogen-bond donors (Lipinski definition) is 0. The van der Waals surface area contributed by atoms with Gasteiger partial charge in [0.15, 0.2) is 11.6 Å². The molecule has 0 aliphatic heterocycles. The third-order valence-electron chi connectivity index (χ3n) is 5.36. The summed E-state index contributed by atoms with van der Waals surface area (Å²) in [5.41, 5.74) is 3.43. The van der Waals surface area contributed by atoms with Crippen molar-refractivity contribution in [2.24, 2.45) is 5.92 Å².